The smallest absolute Gasteiger partial charge is 0.367 e. The van der Waals surface area contributed by atoms with Crippen molar-refractivity contribution in [1.29, 1.82) is 0 Å². The van der Waals surface area contributed by atoms with Gasteiger partial charge >= 0.3 is 13.6 Å². The van der Waals surface area contributed by atoms with Crippen LogP contribution in [0.3, 0.4) is 0 Å². The molecule has 4 aromatic rings. The summed E-state index contributed by atoms with van der Waals surface area (Å²) in [7, 11) is -2.03. The van der Waals surface area contributed by atoms with Gasteiger partial charge in [-0.3, -0.25) is 9.57 Å². The van der Waals surface area contributed by atoms with Crippen LogP contribution in [0, 0.1) is 0 Å². The average Bonchev–Trinajstić information content (AvgIpc) is 3.25. The summed E-state index contributed by atoms with van der Waals surface area (Å²) in [5.41, 5.74) is 3.26. The van der Waals surface area contributed by atoms with Gasteiger partial charge in [0.05, 0.1) is 39.0 Å². The zero-order chi connectivity index (χ0) is 37.6. The van der Waals surface area contributed by atoms with Gasteiger partial charge in [0.2, 0.25) is 0 Å². The molecule has 53 heavy (non-hydrogen) atoms. The first-order valence-corrected chi connectivity index (χ1v) is 20.0. The van der Waals surface area contributed by atoms with E-state index >= 15 is 4.79 Å². The van der Waals surface area contributed by atoms with Gasteiger partial charge in [-0.15, -0.1) is 0 Å². The SMILES string of the molecule is CCCCOP(=O)(COc1cccc(CN2C(=O)N(Cc3ccc(O)c(OC)c3)N(Cc3ccccc3)C[C@@H](O)C2c2ccccc2)c1)OCCCC. The van der Waals surface area contributed by atoms with Crippen LogP contribution in [0.15, 0.2) is 103 Å². The molecule has 0 aliphatic carbocycles. The van der Waals surface area contributed by atoms with Gasteiger partial charge in [0.25, 0.3) is 0 Å². The van der Waals surface area contributed by atoms with Crippen LogP contribution < -0.4 is 9.47 Å². The van der Waals surface area contributed by atoms with Crippen molar-refractivity contribution in [3.8, 4) is 17.2 Å². The summed E-state index contributed by atoms with van der Waals surface area (Å²) in [4.78, 5) is 16.7. The molecule has 1 aliphatic rings. The van der Waals surface area contributed by atoms with Crippen LogP contribution in [0.5, 0.6) is 17.2 Å². The second kappa shape index (κ2) is 19.6. The zero-order valence-corrected chi connectivity index (χ0v) is 31.8. The number of urea groups is 1. The minimum atomic E-state index is -3.51. The number of carbonyl (C=O) groups excluding carboxylic acids is 1. The molecule has 1 heterocycles. The molecular formula is C41H52N3O8P. The maximum atomic E-state index is 15.0. The van der Waals surface area contributed by atoms with E-state index in [9.17, 15) is 14.8 Å². The van der Waals surface area contributed by atoms with E-state index in [1.165, 1.54) is 7.11 Å². The molecule has 4 aromatic carbocycles. The molecule has 284 valence electrons. The van der Waals surface area contributed by atoms with Crippen LogP contribution in [-0.4, -0.2) is 70.5 Å². The van der Waals surface area contributed by atoms with Gasteiger partial charge in [0, 0.05) is 19.6 Å². The van der Waals surface area contributed by atoms with Crippen LogP contribution in [0.1, 0.15) is 67.8 Å². The number of benzene rings is 4. The molecule has 5 rings (SSSR count). The van der Waals surface area contributed by atoms with Crippen LogP contribution in [-0.2, 0) is 33.2 Å². The number of aromatic hydroxyl groups is 1. The summed E-state index contributed by atoms with van der Waals surface area (Å²) < 4.78 is 36.4. The van der Waals surface area contributed by atoms with Gasteiger partial charge in [-0.25, -0.2) is 9.80 Å². The van der Waals surface area contributed by atoms with E-state index in [4.69, 9.17) is 18.5 Å². The topological polar surface area (TPSA) is 121 Å². The van der Waals surface area contributed by atoms with E-state index in [1.807, 2.05) is 97.7 Å². The maximum Gasteiger partial charge on any atom is 0.367 e. The standard InChI is InChI=1S/C41H52N3O8P/c1-4-6-23-51-53(48,52-24-7-5-2)31-50-36-20-14-17-33(25-36)28-43-40(35-18-12-9-13-19-35)38(46)30-42(27-32-15-10-8-11-16-32)44(41(43)47)29-34-21-22-37(45)39(26-34)49-3/h8-22,25-26,38,40,45-46H,4-7,23-24,27-31H2,1-3H3/t38-,40?/m1/s1. The number of phenols is 1. The number of hydrazine groups is 1. The van der Waals surface area contributed by atoms with Crippen LogP contribution >= 0.6 is 7.60 Å². The number of methoxy groups -OCH3 is 1. The minimum Gasteiger partial charge on any atom is -0.504 e. The van der Waals surface area contributed by atoms with E-state index in [0.29, 0.717) is 31.3 Å². The molecule has 12 heteroatoms. The van der Waals surface area contributed by atoms with Gasteiger partial charge in [-0.05, 0) is 59.4 Å². The Morgan fingerprint density at radius 1 is 0.774 bits per heavy atom. The number of amides is 2. The third-order valence-corrected chi connectivity index (χ3v) is 10.6. The van der Waals surface area contributed by atoms with E-state index in [0.717, 1.165) is 47.9 Å². The number of aliphatic hydroxyl groups is 1. The summed E-state index contributed by atoms with van der Waals surface area (Å²) >= 11 is 0. The summed E-state index contributed by atoms with van der Waals surface area (Å²) in [6.45, 7) is 5.54. The summed E-state index contributed by atoms with van der Waals surface area (Å²) in [6.07, 6.45) is 2.11. The number of hydrogen-bond donors (Lipinski definition) is 2. The fourth-order valence-electron chi connectivity index (χ4n) is 6.23. The Kier molecular flexibility index (Phi) is 14.7. The van der Waals surface area contributed by atoms with Crippen molar-refractivity contribution < 1.29 is 38.1 Å². The largest absolute Gasteiger partial charge is 0.504 e. The molecule has 2 atom stereocenters. The number of ether oxygens (including phenoxy) is 2. The maximum absolute atomic E-state index is 15.0. The number of aliphatic hydroxyl groups excluding tert-OH is 1. The first kappa shape index (κ1) is 39.8. The Labute approximate surface area is 313 Å². The lowest BCUT2D eigenvalue weighted by atomic mass is 9.99. The van der Waals surface area contributed by atoms with Crippen molar-refractivity contribution >= 4 is 13.6 Å². The lowest BCUT2D eigenvalue weighted by Gasteiger charge is -2.36. The molecule has 11 nitrogen and oxygen atoms in total. The summed E-state index contributed by atoms with van der Waals surface area (Å²) in [5.74, 6) is 0.754. The van der Waals surface area contributed by atoms with Crippen molar-refractivity contribution in [1.82, 2.24) is 14.9 Å². The molecule has 1 saturated heterocycles. The third kappa shape index (κ3) is 11.1. The predicted octanol–water partition coefficient (Wildman–Crippen LogP) is 8.52. The Hall–Kier alpha value is -4.38. The molecule has 2 N–H and O–H groups in total. The van der Waals surface area contributed by atoms with Gasteiger partial charge < -0.3 is 33.6 Å². The van der Waals surface area contributed by atoms with Crippen LogP contribution in [0.4, 0.5) is 4.79 Å². The fraction of sp³-hybridized carbons (Fsp3) is 0.390. The zero-order valence-electron chi connectivity index (χ0n) is 30.9. The monoisotopic (exact) mass is 745 g/mol. The number of rotatable bonds is 19. The molecule has 1 unspecified atom stereocenters. The van der Waals surface area contributed by atoms with E-state index in [2.05, 4.69) is 0 Å². The van der Waals surface area contributed by atoms with Crippen LogP contribution in [0.2, 0.25) is 0 Å². The van der Waals surface area contributed by atoms with E-state index < -0.39 is 19.7 Å². The number of nitrogens with zero attached hydrogens (tertiary/aromatic N) is 3. The number of β-amino-alcohol motifs (C(OH)–C–C–N with tert-alkyl or cyclic N) is 1. The van der Waals surface area contributed by atoms with Crippen molar-refractivity contribution in [2.45, 2.75) is 71.3 Å². The average molecular weight is 746 g/mol. The Bertz CT molecular complexity index is 1770. The molecule has 1 aliphatic heterocycles. The van der Waals surface area contributed by atoms with E-state index in [1.54, 1.807) is 34.2 Å². The van der Waals surface area contributed by atoms with Crippen molar-refractivity contribution in [3.63, 3.8) is 0 Å². The van der Waals surface area contributed by atoms with Crippen LogP contribution in [0.25, 0.3) is 0 Å². The number of unbranched alkanes of at least 4 members (excludes halogenated alkanes) is 2. The Morgan fingerprint density at radius 3 is 2.08 bits per heavy atom. The highest BCUT2D eigenvalue weighted by atomic mass is 31.2. The second-order valence-electron chi connectivity index (χ2n) is 13.1. The van der Waals surface area contributed by atoms with Crippen molar-refractivity contribution in [2.75, 3.05) is 33.2 Å². The normalized spacial score (nSPS) is 16.8. The highest BCUT2D eigenvalue weighted by Crippen LogP contribution is 2.48. The minimum absolute atomic E-state index is 0.000673. The van der Waals surface area contributed by atoms with Gasteiger partial charge in [0.1, 0.15) is 5.75 Å². The molecule has 0 spiro atoms. The third-order valence-electron chi connectivity index (χ3n) is 9.04. The first-order chi connectivity index (χ1) is 25.7. The first-order valence-electron chi connectivity index (χ1n) is 18.3. The van der Waals surface area contributed by atoms with E-state index in [-0.39, 0.29) is 37.8 Å². The number of hydrogen-bond acceptors (Lipinski definition) is 9. The van der Waals surface area contributed by atoms with Gasteiger partial charge in [-0.2, -0.15) is 0 Å². The highest BCUT2D eigenvalue weighted by molar-refractivity contribution is 7.53. The molecule has 0 radical (unpaired) electrons. The summed E-state index contributed by atoms with van der Waals surface area (Å²) in [6, 6.07) is 30.7. The fourth-order valence-corrected chi connectivity index (χ4v) is 7.57. The highest BCUT2D eigenvalue weighted by Gasteiger charge is 2.41. The van der Waals surface area contributed by atoms with Crippen molar-refractivity contribution in [2.24, 2.45) is 0 Å². The molecule has 0 aromatic heterocycles. The number of phenolic OH excluding ortho intramolecular Hbond substituents is 1. The number of carbonyl (C=O) groups is 1. The molecule has 1 fully saturated rings. The lowest BCUT2D eigenvalue weighted by molar-refractivity contribution is -0.0214. The Morgan fingerprint density at radius 2 is 1.42 bits per heavy atom. The molecule has 2 amide bonds. The molecular weight excluding hydrogens is 693 g/mol. The molecule has 0 bridgehead atoms. The Balaban J connectivity index is 1.47. The van der Waals surface area contributed by atoms with Gasteiger partial charge in [-0.1, -0.05) is 106 Å². The lowest BCUT2D eigenvalue weighted by Crippen LogP contribution is -2.49. The van der Waals surface area contributed by atoms with Crippen molar-refractivity contribution in [3.05, 3.63) is 125 Å². The summed E-state index contributed by atoms with van der Waals surface area (Å²) in [5, 5.41) is 25.9. The quantitative estimate of drug-likeness (QED) is 0.0719. The predicted molar refractivity (Wildman–Crippen MR) is 204 cm³/mol. The van der Waals surface area contributed by atoms with Gasteiger partial charge in [0.15, 0.2) is 17.8 Å². The second-order valence-corrected chi connectivity index (χ2v) is 15.1. The molecule has 0 saturated carbocycles.